The van der Waals surface area contributed by atoms with Gasteiger partial charge in [0.15, 0.2) is 5.58 Å². The molecular weight excluding hydrogens is 308 g/mol. The van der Waals surface area contributed by atoms with Crippen molar-refractivity contribution < 1.29 is 4.42 Å². The highest BCUT2D eigenvalue weighted by Crippen LogP contribution is 2.31. The summed E-state index contributed by atoms with van der Waals surface area (Å²) in [5, 5.41) is 13.0. The molecule has 1 atom stereocenters. The number of anilines is 1. The number of hydrogen-bond acceptors (Lipinski definition) is 5. The molecule has 100 valence electrons. The summed E-state index contributed by atoms with van der Waals surface area (Å²) < 4.78 is 6.15. The summed E-state index contributed by atoms with van der Waals surface area (Å²) in [5.74, 6) is 1.04. The second-order valence-corrected chi connectivity index (χ2v) is 5.52. The number of pyridine rings is 1. The van der Waals surface area contributed by atoms with Crippen molar-refractivity contribution in [1.29, 1.82) is 5.26 Å². The maximum atomic E-state index is 8.84. The van der Waals surface area contributed by atoms with Crippen LogP contribution in [0.2, 0.25) is 0 Å². The summed E-state index contributed by atoms with van der Waals surface area (Å²) in [6, 6.07) is 3.96. The summed E-state index contributed by atoms with van der Waals surface area (Å²) in [6.45, 7) is 3.00. The number of nitrogens with zero attached hydrogens (tertiary/aromatic N) is 3. The summed E-state index contributed by atoms with van der Waals surface area (Å²) in [4.78, 5) is 6.43. The van der Waals surface area contributed by atoms with Crippen LogP contribution in [0.4, 0.5) is 5.82 Å². The van der Waals surface area contributed by atoms with E-state index in [2.05, 4.69) is 38.1 Å². The van der Waals surface area contributed by atoms with Crippen molar-refractivity contribution in [2.75, 3.05) is 26.0 Å². The molecule has 5 nitrogen and oxygen atoms in total. The van der Waals surface area contributed by atoms with Gasteiger partial charge in [0.1, 0.15) is 11.9 Å². The van der Waals surface area contributed by atoms with Crippen LogP contribution < -0.4 is 5.32 Å². The molecule has 2 rings (SSSR count). The van der Waals surface area contributed by atoms with Crippen LogP contribution in [0, 0.1) is 11.3 Å². The molecule has 6 heteroatoms. The Hall–Kier alpha value is -1.58. The van der Waals surface area contributed by atoms with Crippen LogP contribution in [0.15, 0.2) is 21.2 Å². The number of rotatable bonds is 4. The van der Waals surface area contributed by atoms with E-state index in [1.54, 1.807) is 12.3 Å². The van der Waals surface area contributed by atoms with Crippen LogP contribution in [0.25, 0.3) is 11.0 Å². The monoisotopic (exact) mass is 322 g/mol. The molecule has 1 unspecified atom stereocenters. The Morgan fingerprint density at radius 2 is 2.32 bits per heavy atom. The normalized spacial score (nSPS) is 12.6. The molecular formula is C13H15BrN4O. The van der Waals surface area contributed by atoms with Gasteiger partial charge in [-0.15, -0.1) is 0 Å². The van der Waals surface area contributed by atoms with Gasteiger partial charge in [0.2, 0.25) is 5.76 Å². The molecule has 0 fully saturated rings. The van der Waals surface area contributed by atoms with Crippen molar-refractivity contribution in [2.24, 2.45) is 0 Å². The highest BCUT2D eigenvalue weighted by atomic mass is 79.9. The Balaban J connectivity index is 2.30. The van der Waals surface area contributed by atoms with Gasteiger partial charge in [0.25, 0.3) is 0 Å². The molecule has 2 aromatic rings. The summed E-state index contributed by atoms with van der Waals surface area (Å²) >= 11 is 3.51. The third-order valence-corrected chi connectivity index (χ3v) is 3.45. The van der Waals surface area contributed by atoms with E-state index < -0.39 is 0 Å². The van der Waals surface area contributed by atoms with Crippen molar-refractivity contribution in [3.63, 3.8) is 0 Å². The van der Waals surface area contributed by atoms with E-state index in [0.29, 0.717) is 5.58 Å². The van der Waals surface area contributed by atoms with E-state index in [-0.39, 0.29) is 11.8 Å². The number of hydrogen-bond donors (Lipinski definition) is 1. The zero-order valence-electron chi connectivity index (χ0n) is 11.1. The SMILES string of the molecule is CC(CN(C)C)Nc1ncc2oc(C#N)cc2c1Br. The number of nitriles is 1. The van der Waals surface area contributed by atoms with Crippen molar-refractivity contribution in [3.8, 4) is 6.07 Å². The maximum Gasteiger partial charge on any atom is 0.204 e. The van der Waals surface area contributed by atoms with Crippen LogP contribution >= 0.6 is 15.9 Å². The lowest BCUT2D eigenvalue weighted by molar-refractivity contribution is 0.392. The topological polar surface area (TPSA) is 65.1 Å². The molecule has 0 aliphatic heterocycles. The fourth-order valence-corrected chi connectivity index (χ4v) is 2.49. The van der Waals surface area contributed by atoms with Gasteiger partial charge < -0.3 is 14.6 Å². The molecule has 19 heavy (non-hydrogen) atoms. The minimum atomic E-state index is 0.263. The third kappa shape index (κ3) is 3.06. The van der Waals surface area contributed by atoms with E-state index in [0.717, 1.165) is 22.2 Å². The first kappa shape index (κ1) is 13.8. The first-order valence-electron chi connectivity index (χ1n) is 5.90. The average Bonchev–Trinajstić information content (AvgIpc) is 2.76. The largest absolute Gasteiger partial charge is 0.444 e. The molecule has 0 amide bonds. The van der Waals surface area contributed by atoms with Crippen molar-refractivity contribution in [1.82, 2.24) is 9.88 Å². The fourth-order valence-electron chi connectivity index (χ4n) is 1.96. The van der Waals surface area contributed by atoms with Crippen LogP contribution in [0.1, 0.15) is 12.7 Å². The van der Waals surface area contributed by atoms with Gasteiger partial charge in [0, 0.05) is 24.0 Å². The Labute approximate surface area is 120 Å². The predicted molar refractivity (Wildman–Crippen MR) is 78.1 cm³/mol. The number of halogens is 1. The van der Waals surface area contributed by atoms with Gasteiger partial charge in [-0.25, -0.2) is 4.98 Å². The Morgan fingerprint density at radius 3 is 2.95 bits per heavy atom. The minimum Gasteiger partial charge on any atom is -0.444 e. The molecule has 0 bridgehead atoms. The number of nitrogens with one attached hydrogen (secondary N) is 1. The molecule has 0 saturated carbocycles. The first-order chi connectivity index (χ1) is 9.01. The van der Waals surface area contributed by atoms with E-state index in [9.17, 15) is 0 Å². The molecule has 0 radical (unpaired) electrons. The van der Waals surface area contributed by atoms with Crippen LogP contribution in [-0.4, -0.2) is 36.6 Å². The molecule has 0 aromatic carbocycles. The zero-order valence-corrected chi connectivity index (χ0v) is 12.7. The molecule has 1 N–H and O–H groups in total. The van der Waals surface area contributed by atoms with E-state index in [4.69, 9.17) is 9.68 Å². The number of aromatic nitrogens is 1. The third-order valence-electron chi connectivity index (χ3n) is 2.65. The van der Waals surface area contributed by atoms with E-state index in [1.807, 2.05) is 20.2 Å². The fraction of sp³-hybridized carbons (Fsp3) is 0.385. The molecule has 2 heterocycles. The van der Waals surface area contributed by atoms with Gasteiger partial charge in [-0.1, -0.05) is 0 Å². The first-order valence-corrected chi connectivity index (χ1v) is 6.70. The Kier molecular flexibility index (Phi) is 4.08. The van der Waals surface area contributed by atoms with Gasteiger partial charge in [-0.3, -0.25) is 0 Å². The van der Waals surface area contributed by atoms with E-state index >= 15 is 0 Å². The predicted octanol–water partition coefficient (Wildman–Crippen LogP) is 2.82. The van der Waals surface area contributed by atoms with Crippen LogP contribution in [-0.2, 0) is 0 Å². The molecule has 2 aromatic heterocycles. The van der Waals surface area contributed by atoms with Crippen molar-refractivity contribution in [3.05, 3.63) is 22.5 Å². The Bertz CT molecular complexity index is 629. The molecule has 0 spiro atoms. The summed E-state index contributed by atoms with van der Waals surface area (Å²) in [7, 11) is 4.05. The second kappa shape index (κ2) is 5.59. The van der Waals surface area contributed by atoms with Crippen LogP contribution in [0.5, 0.6) is 0 Å². The quantitative estimate of drug-likeness (QED) is 0.937. The van der Waals surface area contributed by atoms with Gasteiger partial charge >= 0.3 is 0 Å². The standard InChI is InChI=1S/C13H15BrN4O/c1-8(7-18(2)3)17-13-12(14)10-4-9(5-15)19-11(10)6-16-13/h4,6,8H,7H2,1-3H3,(H,16,17). The second-order valence-electron chi connectivity index (χ2n) is 4.73. The lowest BCUT2D eigenvalue weighted by Crippen LogP contribution is -2.30. The van der Waals surface area contributed by atoms with Crippen LogP contribution in [0.3, 0.4) is 0 Å². The lowest BCUT2D eigenvalue weighted by atomic mass is 10.2. The number of furan rings is 1. The number of fused-ring (bicyclic) bond motifs is 1. The minimum absolute atomic E-state index is 0.263. The molecule has 0 aliphatic carbocycles. The van der Waals surface area contributed by atoms with Crippen molar-refractivity contribution in [2.45, 2.75) is 13.0 Å². The lowest BCUT2D eigenvalue weighted by Gasteiger charge is -2.19. The summed E-state index contributed by atoms with van der Waals surface area (Å²) in [6.07, 6.45) is 1.63. The van der Waals surface area contributed by atoms with E-state index in [1.165, 1.54) is 0 Å². The van der Waals surface area contributed by atoms with Gasteiger partial charge in [0.05, 0.1) is 10.7 Å². The maximum absolute atomic E-state index is 8.84. The van der Waals surface area contributed by atoms with Gasteiger partial charge in [-0.2, -0.15) is 5.26 Å². The zero-order chi connectivity index (χ0) is 14.0. The average molecular weight is 323 g/mol. The van der Waals surface area contributed by atoms with Crippen molar-refractivity contribution >= 4 is 32.7 Å². The van der Waals surface area contributed by atoms with Gasteiger partial charge in [-0.05, 0) is 36.9 Å². The molecule has 0 aliphatic rings. The Morgan fingerprint density at radius 1 is 1.58 bits per heavy atom. The highest BCUT2D eigenvalue weighted by molar-refractivity contribution is 9.10. The molecule has 0 saturated heterocycles. The highest BCUT2D eigenvalue weighted by Gasteiger charge is 2.13. The smallest absolute Gasteiger partial charge is 0.204 e. The summed E-state index contributed by atoms with van der Waals surface area (Å²) in [5.41, 5.74) is 0.606. The number of likely N-dealkylation sites (N-methyl/N-ethyl adjacent to an activating group) is 1.